The van der Waals surface area contributed by atoms with Gasteiger partial charge in [-0.2, -0.15) is 0 Å². The Morgan fingerprint density at radius 3 is 2.55 bits per heavy atom. The number of carbonyl (C=O) groups excluding carboxylic acids is 1. The molecule has 2 heterocycles. The Hall–Kier alpha value is -3.88. The normalized spacial score (nSPS) is 10.9. The fourth-order valence-corrected chi connectivity index (χ4v) is 3.40. The second kappa shape index (κ2) is 9.29. The monoisotopic (exact) mass is 416 g/mol. The molecule has 0 aliphatic carbocycles. The minimum atomic E-state index is -0.273. The second-order valence-corrected chi connectivity index (χ2v) is 7.18. The number of benzene rings is 2. The number of aromatic amines is 1. The predicted octanol–water partition coefficient (Wildman–Crippen LogP) is 2.88. The van der Waals surface area contributed by atoms with E-state index in [1.807, 2.05) is 28.9 Å². The number of amides is 1. The van der Waals surface area contributed by atoms with Gasteiger partial charge in [0.1, 0.15) is 5.82 Å². The van der Waals surface area contributed by atoms with Crippen molar-refractivity contribution in [1.82, 2.24) is 40.7 Å². The lowest BCUT2D eigenvalue weighted by Crippen LogP contribution is -2.19. The summed E-state index contributed by atoms with van der Waals surface area (Å²) in [6.45, 7) is 2.87. The molecule has 31 heavy (non-hydrogen) atoms. The van der Waals surface area contributed by atoms with Crippen LogP contribution in [0.3, 0.4) is 0 Å². The maximum Gasteiger partial charge on any atom is 0.290 e. The van der Waals surface area contributed by atoms with Crippen LogP contribution in [0.15, 0.2) is 48.5 Å². The van der Waals surface area contributed by atoms with Crippen LogP contribution in [0.25, 0.3) is 22.5 Å². The zero-order valence-corrected chi connectivity index (χ0v) is 17.5. The standard InChI is InChI=1S/C22H24N8O/c1-3-4-13-30-19(24-21(27-30)22(31)23-2)14-15-9-11-16(12-10-15)17-7-5-6-8-18(17)20-25-28-29-26-20/h5-12H,3-4,13-14H2,1-2H3,(H,23,31)(H,25,26,28,29). The van der Waals surface area contributed by atoms with Gasteiger partial charge in [0, 0.05) is 25.6 Å². The molecule has 0 unspecified atom stereocenters. The van der Waals surface area contributed by atoms with Gasteiger partial charge in [-0.15, -0.1) is 10.2 Å². The van der Waals surface area contributed by atoms with Crippen LogP contribution in [-0.4, -0.2) is 48.3 Å². The Labute approximate surface area is 179 Å². The van der Waals surface area contributed by atoms with E-state index in [4.69, 9.17) is 0 Å². The fraction of sp³-hybridized carbons (Fsp3) is 0.273. The van der Waals surface area contributed by atoms with E-state index in [1.54, 1.807) is 7.05 Å². The highest BCUT2D eigenvalue weighted by atomic mass is 16.2. The third-order valence-electron chi connectivity index (χ3n) is 5.06. The first kappa shape index (κ1) is 20.4. The maximum absolute atomic E-state index is 12.0. The van der Waals surface area contributed by atoms with Gasteiger partial charge in [-0.25, -0.2) is 14.8 Å². The van der Waals surface area contributed by atoms with Crippen molar-refractivity contribution in [3.8, 4) is 22.5 Å². The van der Waals surface area contributed by atoms with Crippen molar-refractivity contribution < 1.29 is 4.79 Å². The van der Waals surface area contributed by atoms with Gasteiger partial charge < -0.3 is 5.32 Å². The van der Waals surface area contributed by atoms with E-state index in [1.165, 1.54) is 0 Å². The van der Waals surface area contributed by atoms with Crippen molar-refractivity contribution >= 4 is 5.91 Å². The molecule has 9 nitrogen and oxygen atoms in total. The van der Waals surface area contributed by atoms with Gasteiger partial charge in [0.05, 0.1) is 0 Å². The molecule has 2 aromatic heterocycles. The fourth-order valence-electron chi connectivity index (χ4n) is 3.40. The van der Waals surface area contributed by atoms with Gasteiger partial charge in [-0.3, -0.25) is 4.79 Å². The van der Waals surface area contributed by atoms with E-state index < -0.39 is 0 Å². The van der Waals surface area contributed by atoms with E-state index in [9.17, 15) is 4.79 Å². The molecule has 0 saturated heterocycles. The summed E-state index contributed by atoms with van der Waals surface area (Å²) in [5.41, 5.74) is 4.14. The van der Waals surface area contributed by atoms with Crippen LogP contribution in [-0.2, 0) is 13.0 Å². The molecular weight excluding hydrogens is 392 g/mol. The van der Waals surface area contributed by atoms with Gasteiger partial charge >= 0.3 is 0 Å². The van der Waals surface area contributed by atoms with Crippen molar-refractivity contribution in [2.45, 2.75) is 32.7 Å². The molecule has 0 fully saturated rings. The quantitative estimate of drug-likeness (QED) is 0.456. The SMILES string of the molecule is CCCCn1nc(C(=O)NC)nc1Cc1ccc(-c2ccccc2-c2nnn[nH]2)cc1. The van der Waals surface area contributed by atoms with Crippen molar-refractivity contribution in [1.29, 1.82) is 0 Å². The van der Waals surface area contributed by atoms with Crippen LogP contribution in [0.1, 0.15) is 41.8 Å². The number of hydrogen-bond acceptors (Lipinski definition) is 6. The van der Waals surface area contributed by atoms with E-state index in [0.717, 1.165) is 47.5 Å². The van der Waals surface area contributed by atoms with Crippen LogP contribution in [0.2, 0.25) is 0 Å². The molecule has 0 aliphatic rings. The lowest BCUT2D eigenvalue weighted by molar-refractivity contribution is 0.0952. The maximum atomic E-state index is 12.0. The molecule has 0 bridgehead atoms. The second-order valence-electron chi connectivity index (χ2n) is 7.18. The van der Waals surface area contributed by atoms with Gasteiger partial charge in [0.15, 0.2) is 5.82 Å². The number of hydrogen-bond donors (Lipinski definition) is 2. The van der Waals surface area contributed by atoms with E-state index in [0.29, 0.717) is 12.2 Å². The average molecular weight is 416 g/mol. The summed E-state index contributed by atoms with van der Waals surface area (Å²) in [5, 5.41) is 21.2. The molecule has 0 atom stereocenters. The lowest BCUT2D eigenvalue weighted by Gasteiger charge is -2.09. The number of tetrazole rings is 1. The molecule has 158 valence electrons. The first-order valence-electron chi connectivity index (χ1n) is 10.3. The summed E-state index contributed by atoms with van der Waals surface area (Å²) in [6.07, 6.45) is 2.63. The summed E-state index contributed by atoms with van der Waals surface area (Å²) >= 11 is 0. The number of carbonyl (C=O) groups is 1. The molecule has 4 rings (SSSR count). The third-order valence-corrected chi connectivity index (χ3v) is 5.06. The first-order chi connectivity index (χ1) is 15.2. The summed E-state index contributed by atoms with van der Waals surface area (Å²) in [4.78, 5) is 16.4. The van der Waals surface area contributed by atoms with Crippen LogP contribution >= 0.6 is 0 Å². The van der Waals surface area contributed by atoms with Gasteiger partial charge in [-0.1, -0.05) is 61.9 Å². The Bertz CT molecular complexity index is 1150. The molecule has 0 spiro atoms. The van der Waals surface area contributed by atoms with Crippen LogP contribution in [0.5, 0.6) is 0 Å². The van der Waals surface area contributed by atoms with E-state index >= 15 is 0 Å². The van der Waals surface area contributed by atoms with Gasteiger partial charge in [-0.05, 0) is 33.5 Å². The highest BCUT2D eigenvalue weighted by Gasteiger charge is 2.16. The largest absolute Gasteiger partial charge is 0.352 e. The number of nitrogens with one attached hydrogen (secondary N) is 2. The molecule has 2 aromatic carbocycles. The number of nitrogens with zero attached hydrogens (tertiary/aromatic N) is 6. The topological polar surface area (TPSA) is 114 Å². The summed E-state index contributed by atoms with van der Waals surface area (Å²) < 4.78 is 1.84. The smallest absolute Gasteiger partial charge is 0.290 e. The highest BCUT2D eigenvalue weighted by Crippen LogP contribution is 2.29. The zero-order valence-electron chi connectivity index (χ0n) is 17.5. The number of aromatic nitrogens is 7. The number of H-pyrrole nitrogens is 1. The predicted molar refractivity (Wildman–Crippen MR) is 116 cm³/mol. The molecule has 2 N–H and O–H groups in total. The van der Waals surface area contributed by atoms with Crippen LogP contribution < -0.4 is 5.32 Å². The van der Waals surface area contributed by atoms with Crippen LogP contribution in [0.4, 0.5) is 0 Å². The van der Waals surface area contributed by atoms with Gasteiger partial charge in [0.25, 0.3) is 5.91 Å². The molecule has 0 saturated carbocycles. The minimum absolute atomic E-state index is 0.208. The minimum Gasteiger partial charge on any atom is -0.352 e. The average Bonchev–Trinajstić information content (AvgIpc) is 3.48. The Morgan fingerprint density at radius 1 is 1.10 bits per heavy atom. The van der Waals surface area contributed by atoms with E-state index in [2.05, 4.69) is 67.2 Å². The van der Waals surface area contributed by atoms with Crippen LogP contribution in [0, 0.1) is 0 Å². The lowest BCUT2D eigenvalue weighted by atomic mass is 9.98. The first-order valence-corrected chi connectivity index (χ1v) is 10.3. The molecule has 0 aliphatic heterocycles. The van der Waals surface area contributed by atoms with Crippen molar-refractivity contribution in [3.63, 3.8) is 0 Å². The van der Waals surface area contributed by atoms with E-state index in [-0.39, 0.29) is 11.7 Å². The molecule has 1 amide bonds. The zero-order chi connectivity index (χ0) is 21.6. The van der Waals surface area contributed by atoms with Gasteiger partial charge in [0.2, 0.25) is 5.82 Å². The summed E-state index contributed by atoms with van der Waals surface area (Å²) in [5.74, 6) is 1.35. The van der Waals surface area contributed by atoms with Crippen molar-refractivity contribution in [2.75, 3.05) is 7.05 Å². The highest BCUT2D eigenvalue weighted by molar-refractivity contribution is 5.90. The number of aryl methyl sites for hydroxylation is 1. The molecule has 9 heteroatoms. The molecule has 0 radical (unpaired) electrons. The number of rotatable bonds is 8. The van der Waals surface area contributed by atoms with Crippen molar-refractivity contribution in [3.05, 3.63) is 65.7 Å². The molecule has 4 aromatic rings. The summed E-state index contributed by atoms with van der Waals surface area (Å²) in [7, 11) is 1.58. The summed E-state index contributed by atoms with van der Waals surface area (Å²) in [6, 6.07) is 16.3. The van der Waals surface area contributed by atoms with Crippen molar-refractivity contribution in [2.24, 2.45) is 0 Å². The molecular formula is C22H24N8O. The third kappa shape index (κ3) is 4.50. The Balaban J connectivity index is 1.59. The Kier molecular flexibility index (Phi) is 6.11. The number of unbranched alkanes of at least 4 members (excludes halogenated alkanes) is 1. The Morgan fingerprint density at radius 2 is 1.87 bits per heavy atom.